The first kappa shape index (κ1) is 29.9. The number of halogens is 2. The fourth-order valence-electron chi connectivity index (χ4n) is 4.87. The summed E-state index contributed by atoms with van der Waals surface area (Å²) in [4.78, 5) is 8.71. The molecule has 2 aromatic heterocycles. The Morgan fingerprint density at radius 1 is 0.978 bits per heavy atom. The molecule has 0 amide bonds. The fraction of sp³-hybridized carbons (Fsp3) is 0.0857. The molecule has 0 aliphatic carbocycles. The quantitative estimate of drug-likeness (QED) is 0.180. The summed E-state index contributed by atoms with van der Waals surface area (Å²) in [7, 11) is -3.82. The van der Waals surface area contributed by atoms with Gasteiger partial charge in [0.05, 0.1) is 21.0 Å². The Morgan fingerprint density at radius 3 is 2.64 bits per heavy atom. The van der Waals surface area contributed by atoms with Crippen LogP contribution >= 0.6 is 11.6 Å². The molecule has 224 valence electrons. The smallest absolute Gasteiger partial charge is 0.268 e. The number of nitrogens with one attached hydrogen (secondary N) is 1. The van der Waals surface area contributed by atoms with Crippen molar-refractivity contribution in [2.24, 2.45) is 0 Å². The van der Waals surface area contributed by atoms with Crippen LogP contribution in [0.5, 0.6) is 5.75 Å². The van der Waals surface area contributed by atoms with Crippen molar-refractivity contribution in [3.63, 3.8) is 0 Å². The van der Waals surface area contributed by atoms with Crippen LogP contribution in [0.2, 0.25) is 5.02 Å². The molecule has 0 saturated carbocycles. The second-order valence-electron chi connectivity index (χ2n) is 10.4. The number of nitrogens with zero attached hydrogens (tertiary/aromatic N) is 3. The largest absolute Gasteiger partial charge is 0.487 e. The van der Waals surface area contributed by atoms with E-state index in [-0.39, 0.29) is 17.3 Å². The van der Waals surface area contributed by atoms with Crippen LogP contribution in [0, 0.1) is 31.5 Å². The lowest BCUT2D eigenvalue weighted by atomic mass is 10.1. The first-order valence-corrected chi connectivity index (χ1v) is 15.7. The maximum atomic E-state index is 13.6. The van der Waals surface area contributed by atoms with E-state index in [4.69, 9.17) is 16.3 Å². The number of aromatic nitrogens is 3. The van der Waals surface area contributed by atoms with Crippen molar-refractivity contribution in [1.29, 1.82) is 0 Å². The van der Waals surface area contributed by atoms with Gasteiger partial charge < -0.3 is 10.1 Å². The summed E-state index contributed by atoms with van der Waals surface area (Å²) >= 11 is 6.47. The molecule has 0 fully saturated rings. The predicted octanol–water partition coefficient (Wildman–Crippen LogP) is 7.80. The van der Waals surface area contributed by atoms with E-state index in [0.717, 1.165) is 10.9 Å². The molecule has 0 saturated heterocycles. The van der Waals surface area contributed by atoms with E-state index in [1.54, 1.807) is 73.9 Å². The van der Waals surface area contributed by atoms with Gasteiger partial charge in [-0.05, 0) is 79.6 Å². The highest BCUT2D eigenvalue weighted by Crippen LogP contribution is 2.30. The van der Waals surface area contributed by atoms with Crippen molar-refractivity contribution in [3.8, 4) is 17.6 Å². The third kappa shape index (κ3) is 6.53. The van der Waals surface area contributed by atoms with Crippen LogP contribution in [-0.2, 0) is 16.6 Å². The molecule has 7 nitrogen and oxygen atoms in total. The molecule has 0 aliphatic heterocycles. The van der Waals surface area contributed by atoms with E-state index >= 15 is 0 Å². The molecule has 0 radical (unpaired) electrons. The lowest BCUT2D eigenvalue weighted by Gasteiger charge is -2.11. The summed E-state index contributed by atoms with van der Waals surface area (Å²) in [5.41, 5.74) is 4.69. The Morgan fingerprint density at radius 2 is 1.84 bits per heavy atom. The minimum absolute atomic E-state index is 0.171. The lowest BCUT2D eigenvalue weighted by molar-refractivity contribution is 0.306. The van der Waals surface area contributed by atoms with Gasteiger partial charge >= 0.3 is 0 Å². The number of fused-ring (bicyclic) bond motifs is 1. The number of benzene rings is 4. The monoisotopic (exact) mass is 636 g/mol. The van der Waals surface area contributed by atoms with Gasteiger partial charge in [0, 0.05) is 29.0 Å². The van der Waals surface area contributed by atoms with E-state index in [2.05, 4.69) is 27.1 Å². The molecule has 4 aromatic carbocycles. The topological polar surface area (TPSA) is 86.1 Å². The summed E-state index contributed by atoms with van der Waals surface area (Å²) < 4.78 is 47.7. The number of rotatable bonds is 7. The van der Waals surface area contributed by atoms with Gasteiger partial charge in [0.1, 0.15) is 30.3 Å². The molecule has 1 N–H and O–H groups in total. The second-order valence-corrected chi connectivity index (χ2v) is 12.6. The zero-order valence-electron chi connectivity index (χ0n) is 24.3. The zero-order chi connectivity index (χ0) is 31.6. The van der Waals surface area contributed by atoms with Crippen LogP contribution in [0.15, 0.2) is 109 Å². The van der Waals surface area contributed by atoms with Crippen LogP contribution in [0.3, 0.4) is 0 Å². The third-order valence-electron chi connectivity index (χ3n) is 7.06. The minimum atomic E-state index is -3.82. The number of ether oxygens (including phenoxy) is 1. The van der Waals surface area contributed by atoms with E-state index in [1.807, 2.05) is 25.1 Å². The van der Waals surface area contributed by atoms with Gasteiger partial charge in [-0.3, -0.25) is 0 Å². The second kappa shape index (κ2) is 12.4. The zero-order valence-corrected chi connectivity index (χ0v) is 25.8. The molecule has 6 rings (SSSR count). The van der Waals surface area contributed by atoms with Gasteiger partial charge in [-0.25, -0.2) is 26.7 Å². The van der Waals surface area contributed by atoms with Crippen LogP contribution in [0.1, 0.15) is 27.8 Å². The lowest BCUT2D eigenvalue weighted by Crippen LogP contribution is -2.13. The highest BCUT2D eigenvalue weighted by Gasteiger charge is 2.21. The molecule has 45 heavy (non-hydrogen) atoms. The number of anilines is 2. The van der Waals surface area contributed by atoms with Crippen molar-refractivity contribution >= 4 is 44.0 Å². The molecule has 6 aromatic rings. The molecule has 10 heteroatoms. The standard InChI is InChI=1S/C35H26ClFN4O3S/c1-23-6-13-34(24(2)16-23)45(42,43)41-15-14-27-9-7-25(18-32(27)41)8-10-28-20-38-22-39-35(28)40-30-11-12-33(31(36)19-30)44-21-26-4-3-5-29(37)17-26/h3-7,9,11-20,22H,21H2,1-2H3,(H,38,39,40). The van der Waals surface area contributed by atoms with Crippen molar-refractivity contribution in [2.75, 3.05) is 5.32 Å². The average Bonchev–Trinajstić information content (AvgIpc) is 3.44. The van der Waals surface area contributed by atoms with E-state index in [9.17, 15) is 12.8 Å². The summed E-state index contributed by atoms with van der Waals surface area (Å²) in [5, 5.41) is 4.36. The maximum Gasteiger partial charge on any atom is 0.268 e. The Hall–Kier alpha value is -5.17. The predicted molar refractivity (Wildman–Crippen MR) is 174 cm³/mol. The summed E-state index contributed by atoms with van der Waals surface area (Å²) in [6.07, 6.45) is 4.56. The number of aryl methyl sites for hydroxylation is 2. The first-order chi connectivity index (χ1) is 21.7. The van der Waals surface area contributed by atoms with Crippen LogP contribution < -0.4 is 10.1 Å². The Labute approximate surface area is 265 Å². The molecule has 0 unspecified atom stereocenters. The van der Waals surface area contributed by atoms with Crippen molar-refractivity contribution in [1.82, 2.24) is 13.9 Å². The highest BCUT2D eigenvalue weighted by atomic mass is 35.5. The highest BCUT2D eigenvalue weighted by molar-refractivity contribution is 7.90. The van der Waals surface area contributed by atoms with Crippen LogP contribution in [-0.4, -0.2) is 22.4 Å². The van der Waals surface area contributed by atoms with Crippen molar-refractivity contribution in [3.05, 3.63) is 142 Å². The maximum absolute atomic E-state index is 13.6. The van der Waals surface area contributed by atoms with Crippen LogP contribution in [0.25, 0.3) is 10.9 Å². The minimum Gasteiger partial charge on any atom is -0.487 e. The fourth-order valence-corrected chi connectivity index (χ4v) is 6.66. The van der Waals surface area contributed by atoms with Gasteiger partial charge in [-0.1, -0.05) is 59.3 Å². The summed E-state index contributed by atoms with van der Waals surface area (Å²) in [6.45, 7) is 3.89. The van der Waals surface area contributed by atoms with Gasteiger partial charge in [-0.15, -0.1) is 0 Å². The van der Waals surface area contributed by atoms with Gasteiger partial charge in [0.15, 0.2) is 0 Å². The average molecular weight is 637 g/mol. The molecule has 0 spiro atoms. The van der Waals surface area contributed by atoms with Crippen molar-refractivity contribution in [2.45, 2.75) is 25.3 Å². The Balaban J connectivity index is 1.23. The van der Waals surface area contributed by atoms with Gasteiger partial charge in [0.25, 0.3) is 10.0 Å². The Bertz CT molecular complexity index is 2240. The van der Waals surface area contributed by atoms with Crippen molar-refractivity contribution < 1.29 is 17.5 Å². The molecule has 2 heterocycles. The molecule has 0 aliphatic rings. The van der Waals surface area contributed by atoms with E-state index in [0.29, 0.717) is 50.0 Å². The summed E-state index contributed by atoms with van der Waals surface area (Å²) in [6, 6.07) is 23.9. The van der Waals surface area contributed by atoms with E-state index in [1.165, 1.54) is 22.4 Å². The molecule has 0 bridgehead atoms. The Kier molecular flexibility index (Phi) is 8.26. The molecular formula is C35H26ClFN4O3S. The van der Waals surface area contributed by atoms with Gasteiger partial charge in [0.2, 0.25) is 0 Å². The van der Waals surface area contributed by atoms with Gasteiger partial charge in [-0.2, -0.15) is 0 Å². The molecule has 0 atom stereocenters. The number of hydrogen-bond donors (Lipinski definition) is 1. The first-order valence-electron chi connectivity index (χ1n) is 13.9. The number of hydrogen-bond acceptors (Lipinski definition) is 6. The third-order valence-corrected chi connectivity index (χ3v) is 9.20. The molecular weight excluding hydrogens is 611 g/mol. The SMILES string of the molecule is Cc1ccc(S(=O)(=O)n2ccc3ccc(C#Cc4cncnc4Nc4ccc(OCc5cccc(F)c5)c(Cl)c4)cc32)c(C)c1. The summed E-state index contributed by atoms with van der Waals surface area (Å²) in [5.74, 6) is 6.79. The van der Waals surface area contributed by atoms with E-state index < -0.39 is 10.0 Å². The van der Waals surface area contributed by atoms with Crippen LogP contribution in [0.4, 0.5) is 15.9 Å². The normalized spacial score (nSPS) is 11.2.